The third-order valence-corrected chi connectivity index (χ3v) is 3.82. The summed E-state index contributed by atoms with van der Waals surface area (Å²) in [6, 6.07) is 6.61. The van der Waals surface area contributed by atoms with Crippen LogP contribution in [0.5, 0.6) is 0 Å². The third-order valence-electron chi connectivity index (χ3n) is 3.51. The van der Waals surface area contributed by atoms with E-state index in [9.17, 15) is 13.2 Å². The molecule has 1 N–H and O–H groups in total. The van der Waals surface area contributed by atoms with Crippen LogP contribution in [0.2, 0.25) is 5.02 Å². The third kappa shape index (κ3) is 4.05. The van der Waals surface area contributed by atoms with Gasteiger partial charge in [-0.25, -0.2) is 0 Å². The van der Waals surface area contributed by atoms with Crippen LogP contribution in [0.15, 0.2) is 37.0 Å². The maximum atomic E-state index is 12.6. The molecule has 2 rings (SSSR count). The summed E-state index contributed by atoms with van der Waals surface area (Å²) in [5.41, 5.74) is 2.61. The van der Waals surface area contributed by atoms with E-state index in [0.29, 0.717) is 22.0 Å². The zero-order valence-corrected chi connectivity index (χ0v) is 13.5. The first-order valence-electron chi connectivity index (χ1n) is 6.91. The van der Waals surface area contributed by atoms with Crippen LogP contribution in [-0.4, -0.2) is 4.98 Å². The van der Waals surface area contributed by atoms with Gasteiger partial charge in [-0.15, -0.1) is 0 Å². The number of benzene rings is 1. The minimum Gasteiger partial charge on any atom is -0.379 e. The Hall–Kier alpha value is -2.01. The van der Waals surface area contributed by atoms with E-state index in [4.69, 9.17) is 11.6 Å². The fraction of sp³-hybridized carbons (Fsp3) is 0.235. The first kappa shape index (κ1) is 17.3. The van der Waals surface area contributed by atoms with Gasteiger partial charge in [0.05, 0.1) is 22.8 Å². The number of hydrogen-bond acceptors (Lipinski definition) is 2. The van der Waals surface area contributed by atoms with Crippen molar-refractivity contribution in [3.8, 4) is 0 Å². The number of nitrogens with one attached hydrogen (secondary N) is 1. The maximum Gasteiger partial charge on any atom is 0.417 e. The van der Waals surface area contributed by atoms with Crippen molar-refractivity contribution in [2.45, 2.75) is 26.6 Å². The smallest absolute Gasteiger partial charge is 0.379 e. The van der Waals surface area contributed by atoms with Crippen molar-refractivity contribution in [2.75, 3.05) is 0 Å². The highest BCUT2D eigenvalue weighted by Gasteiger charge is 2.31. The summed E-state index contributed by atoms with van der Waals surface area (Å²) in [5, 5.41) is 3.64. The molecule has 122 valence electrons. The highest BCUT2D eigenvalue weighted by molar-refractivity contribution is 6.32. The quantitative estimate of drug-likeness (QED) is 0.834. The van der Waals surface area contributed by atoms with Crippen molar-refractivity contribution in [3.63, 3.8) is 0 Å². The molecule has 0 spiro atoms. The monoisotopic (exact) mass is 340 g/mol. The van der Waals surface area contributed by atoms with Crippen LogP contribution in [0.3, 0.4) is 0 Å². The molecule has 0 bridgehead atoms. The fourth-order valence-electron chi connectivity index (χ4n) is 2.24. The average Bonchev–Trinajstić information content (AvgIpc) is 2.44. The normalized spacial score (nSPS) is 11.4. The first-order valence-corrected chi connectivity index (χ1v) is 7.29. The number of aromatic nitrogens is 1. The molecule has 0 aliphatic carbocycles. The second kappa shape index (κ2) is 6.62. The topological polar surface area (TPSA) is 24.9 Å². The molecule has 0 aliphatic heterocycles. The van der Waals surface area contributed by atoms with Gasteiger partial charge in [0, 0.05) is 17.5 Å². The Kier molecular flexibility index (Phi) is 5.00. The summed E-state index contributed by atoms with van der Waals surface area (Å²) in [5.74, 6) is 0. The van der Waals surface area contributed by atoms with Gasteiger partial charge in [0.2, 0.25) is 0 Å². The lowest BCUT2D eigenvalue weighted by Crippen LogP contribution is -2.15. The lowest BCUT2D eigenvalue weighted by molar-refractivity contribution is -0.137. The lowest BCUT2D eigenvalue weighted by atomic mass is 10.1. The molecule has 0 saturated heterocycles. The SMILES string of the molecule is C=C(NCc1ncc(C(F)(F)F)cc1C)c1c(C)cccc1Cl. The van der Waals surface area contributed by atoms with Crippen LogP contribution in [0.25, 0.3) is 5.70 Å². The van der Waals surface area contributed by atoms with Gasteiger partial charge < -0.3 is 5.32 Å². The van der Waals surface area contributed by atoms with E-state index in [0.717, 1.165) is 23.4 Å². The van der Waals surface area contributed by atoms with Crippen LogP contribution in [0, 0.1) is 13.8 Å². The van der Waals surface area contributed by atoms with Gasteiger partial charge in [0.15, 0.2) is 0 Å². The highest BCUT2D eigenvalue weighted by atomic mass is 35.5. The number of rotatable bonds is 4. The van der Waals surface area contributed by atoms with Gasteiger partial charge >= 0.3 is 6.18 Å². The highest BCUT2D eigenvalue weighted by Crippen LogP contribution is 2.30. The fourth-order valence-corrected chi connectivity index (χ4v) is 2.57. The van der Waals surface area contributed by atoms with Gasteiger partial charge in [-0.1, -0.05) is 30.3 Å². The Morgan fingerprint density at radius 1 is 1.26 bits per heavy atom. The predicted octanol–water partition coefficient (Wildman–Crippen LogP) is 5.13. The Morgan fingerprint density at radius 3 is 2.52 bits per heavy atom. The van der Waals surface area contributed by atoms with E-state index in [2.05, 4.69) is 16.9 Å². The Labute approximate surface area is 138 Å². The van der Waals surface area contributed by atoms with E-state index < -0.39 is 11.7 Å². The van der Waals surface area contributed by atoms with Crippen molar-refractivity contribution in [1.82, 2.24) is 10.3 Å². The van der Waals surface area contributed by atoms with Crippen molar-refractivity contribution in [3.05, 3.63) is 70.0 Å². The minimum atomic E-state index is -4.39. The van der Waals surface area contributed by atoms with Gasteiger partial charge in [-0.3, -0.25) is 4.98 Å². The molecule has 0 saturated carbocycles. The Balaban J connectivity index is 2.14. The van der Waals surface area contributed by atoms with Crippen molar-refractivity contribution >= 4 is 17.3 Å². The van der Waals surface area contributed by atoms with E-state index in [1.54, 1.807) is 13.0 Å². The first-order chi connectivity index (χ1) is 10.7. The van der Waals surface area contributed by atoms with Gasteiger partial charge in [-0.05, 0) is 37.1 Å². The summed E-state index contributed by atoms with van der Waals surface area (Å²) in [4.78, 5) is 3.90. The molecule has 0 radical (unpaired) electrons. The minimum absolute atomic E-state index is 0.271. The molecule has 1 aromatic carbocycles. The van der Waals surface area contributed by atoms with Crippen molar-refractivity contribution in [2.24, 2.45) is 0 Å². The number of nitrogens with zero attached hydrogens (tertiary/aromatic N) is 1. The predicted molar refractivity (Wildman–Crippen MR) is 86.0 cm³/mol. The van der Waals surface area contributed by atoms with Crippen LogP contribution in [0.1, 0.15) is 27.9 Å². The zero-order valence-electron chi connectivity index (χ0n) is 12.8. The summed E-state index contributed by atoms with van der Waals surface area (Å²) >= 11 is 6.17. The van der Waals surface area contributed by atoms with E-state index >= 15 is 0 Å². The van der Waals surface area contributed by atoms with Crippen molar-refractivity contribution in [1.29, 1.82) is 0 Å². The van der Waals surface area contributed by atoms with Gasteiger partial charge in [0.1, 0.15) is 0 Å². The molecule has 0 atom stereocenters. The number of aryl methyl sites for hydroxylation is 2. The molecule has 2 nitrogen and oxygen atoms in total. The van der Waals surface area contributed by atoms with Gasteiger partial charge in [-0.2, -0.15) is 13.2 Å². The molecule has 6 heteroatoms. The van der Waals surface area contributed by atoms with E-state index in [1.165, 1.54) is 0 Å². The summed E-state index contributed by atoms with van der Waals surface area (Å²) in [7, 11) is 0. The molecular formula is C17H16ClF3N2. The molecule has 0 fully saturated rings. The largest absolute Gasteiger partial charge is 0.417 e. The maximum absolute atomic E-state index is 12.6. The zero-order chi connectivity index (χ0) is 17.2. The van der Waals surface area contributed by atoms with Crippen molar-refractivity contribution < 1.29 is 13.2 Å². The molecule has 2 aromatic rings. The summed E-state index contributed by atoms with van der Waals surface area (Å²) in [6.45, 7) is 7.73. The molecule has 0 aliphatic rings. The standard InChI is InChI=1S/C17H16ClF3N2/c1-10-5-4-6-14(18)16(10)12(3)22-9-15-11(2)7-13(8-23-15)17(19,20)21/h4-8,22H,3,9H2,1-2H3. The molecule has 23 heavy (non-hydrogen) atoms. The van der Waals surface area contributed by atoms with Crippen LogP contribution >= 0.6 is 11.6 Å². The molecule has 0 amide bonds. The van der Waals surface area contributed by atoms with E-state index in [-0.39, 0.29) is 6.54 Å². The molecule has 0 unspecified atom stereocenters. The van der Waals surface area contributed by atoms with Gasteiger partial charge in [0.25, 0.3) is 0 Å². The van der Waals surface area contributed by atoms with Crippen LogP contribution < -0.4 is 5.32 Å². The second-order valence-electron chi connectivity index (χ2n) is 5.25. The number of alkyl halides is 3. The van der Waals surface area contributed by atoms with Crippen LogP contribution in [-0.2, 0) is 12.7 Å². The van der Waals surface area contributed by atoms with E-state index in [1.807, 2.05) is 19.1 Å². The summed E-state index contributed by atoms with van der Waals surface area (Å²) in [6.07, 6.45) is -3.55. The molecule has 1 heterocycles. The average molecular weight is 341 g/mol. The number of pyridine rings is 1. The Bertz CT molecular complexity index is 719. The number of hydrogen-bond donors (Lipinski definition) is 1. The lowest BCUT2D eigenvalue weighted by Gasteiger charge is -2.15. The molecular weight excluding hydrogens is 325 g/mol. The molecule has 1 aromatic heterocycles. The Morgan fingerprint density at radius 2 is 1.96 bits per heavy atom. The number of halogens is 4. The summed E-state index contributed by atoms with van der Waals surface area (Å²) < 4.78 is 37.9. The van der Waals surface area contributed by atoms with Crippen LogP contribution in [0.4, 0.5) is 13.2 Å². The second-order valence-corrected chi connectivity index (χ2v) is 5.66.